The number of rotatable bonds is 2. The van der Waals surface area contributed by atoms with Crippen LogP contribution in [-0.4, -0.2) is 4.98 Å². The molecular formula is C15H15FN2. The molecule has 1 aromatic carbocycles. The van der Waals surface area contributed by atoms with Gasteiger partial charge < -0.3 is 5.32 Å². The molecular weight excluding hydrogens is 227 g/mol. The number of nitrogens with zero attached hydrogens (tertiary/aromatic N) is 1. The fraction of sp³-hybridized carbons (Fsp3) is 0.267. The molecule has 1 atom stereocenters. The molecule has 92 valence electrons. The fourth-order valence-corrected chi connectivity index (χ4v) is 2.56. The van der Waals surface area contributed by atoms with E-state index in [-0.39, 0.29) is 11.9 Å². The molecule has 0 amide bonds. The number of pyridine rings is 1. The number of fused-ring (bicyclic) bond motifs is 1. The lowest BCUT2D eigenvalue weighted by atomic mass is 10.1. The van der Waals surface area contributed by atoms with E-state index in [2.05, 4.69) is 10.3 Å². The van der Waals surface area contributed by atoms with Crippen LogP contribution in [0.3, 0.4) is 0 Å². The second-order valence-electron chi connectivity index (χ2n) is 4.72. The number of aryl methyl sites for hydroxylation is 2. The van der Waals surface area contributed by atoms with Crippen LogP contribution in [0.15, 0.2) is 36.5 Å². The first-order valence-electron chi connectivity index (χ1n) is 6.20. The van der Waals surface area contributed by atoms with Crippen molar-refractivity contribution in [2.24, 2.45) is 0 Å². The third kappa shape index (κ3) is 1.96. The lowest BCUT2D eigenvalue weighted by Gasteiger charge is -2.16. The van der Waals surface area contributed by atoms with E-state index in [0.29, 0.717) is 0 Å². The van der Waals surface area contributed by atoms with Crippen LogP contribution < -0.4 is 5.32 Å². The van der Waals surface area contributed by atoms with E-state index in [1.165, 1.54) is 11.6 Å². The highest BCUT2D eigenvalue weighted by atomic mass is 19.1. The van der Waals surface area contributed by atoms with Gasteiger partial charge in [0, 0.05) is 6.20 Å². The Hall–Kier alpha value is -1.90. The highest BCUT2D eigenvalue weighted by Crippen LogP contribution is 2.34. The van der Waals surface area contributed by atoms with Crippen LogP contribution >= 0.6 is 0 Å². The van der Waals surface area contributed by atoms with Crippen LogP contribution in [0.2, 0.25) is 0 Å². The average molecular weight is 242 g/mol. The summed E-state index contributed by atoms with van der Waals surface area (Å²) < 4.78 is 13.1. The Morgan fingerprint density at radius 1 is 1.33 bits per heavy atom. The lowest BCUT2D eigenvalue weighted by molar-refractivity contribution is 0.626. The van der Waals surface area contributed by atoms with Crippen LogP contribution in [0.1, 0.15) is 29.3 Å². The predicted molar refractivity (Wildman–Crippen MR) is 70.1 cm³/mol. The fourth-order valence-electron chi connectivity index (χ4n) is 2.56. The van der Waals surface area contributed by atoms with E-state index < -0.39 is 0 Å². The first-order valence-corrected chi connectivity index (χ1v) is 6.20. The summed E-state index contributed by atoms with van der Waals surface area (Å²) in [6.45, 7) is 1.99. The second-order valence-corrected chi connectivity index (χ2v) is 4.72. The molecule has 1 aromatic heterocycles. The zero-order valence-corrected chi connectivity index (χ0v) is 10.3. The summed E-state index contributed by atoms with van der Waals surface area (Å²) in [5.41, 5.74) is 4.38. The normalized spacial score (nSPS) is 17.6. The summed E-state index contributed by atoms with van der Waals surface area (Å²) in [5.74, 6) is -0.146. The minimum absolute atomic E-state index is 0.146. The molecule has 3 heteroatoms. The molecule has 0 saturated heterocycles. The van der Waals surface area contributed by atoms with Crippen molar-refractivity contribution >= 4 is 5.69 Å². The van der Waals surface area contributed by atoms with Gasteiger partial charge in [-0.15, -0.1) is 0 Å². The van der Waals surface area contributed by atoms with Gasteiger partial charge in [-0.2, -0.15) is 0 Å². The monoisotopic (exact) mass is 242 g/mol. The van der Waals surface area contributed by atoms with Crippen molar-refractivity contribution in [1.82, 2.24) is 4.98 Å². The molecule has 1 N–H and O–H groups in total. The average Bonchev–Trinajstić information content (AvgIpc) is 2.74. The standard InChI is InChI=1S/C15H15FN2/c1-10-14(3-2-8-17-10)18-15-7-4-11-9-12(16)5-6-13(11)15/h2-3,5-6,8-9,15,18H,4,7H2,1H3. The number of nitrogens with one attached hydrogen (secondary N) is 1. The minimum Gasteiger partial charge on any atom is -0.377 e. The van der Waals surface area contributed by atoms with Crippen LogP contribution in [0, 0.1) is 12.7 Å². The van der Waals surface area contributed by atoms with Crippen molar-refractivity contribution in [1.29, 1.82) is 0 Å². The van der Waals surface area contributed by atoms with E-state index >= 15 is 0 Å². The zero-order chi connectivity index (χ0) is 12.5. The minimum atomic E-state index is -0.146. The summed E-state index contributed by atoms with van der Waals surface area (Å²) >= 11 is 0. The van der Waals surface area contributed by atoms with Crippen molar-refractivity contribution in [2.75, 3.05) is 5.32 Å². The number of hydrogen-bond donors (Lipinski definition) is 1. The van der Waals surface area contributed by atoms with Crippen LogP contribution in [0.5, 0.6) is 0 Å². The van der Waals surface area contributed by atoms with E-state index in [1.807, 2.05) is 25.1 Å². The molecule has 0 radical (unpaired) electrons. The highest BCUT2D eigenvalue weighted by molar-refractivity contribution is 5.50. The van der Waals surface area contributed by atoms with Crippen molar-refractivity contribution in [3.8, 4) is 0 Å². The van der Waals surface area contributed by atoms with Gasteiger partial charge in [0.15, 0.2) is 0 Å². The van der Waals surface area contributed by atoms with Gasteiger partial charge in [-0.1, -0.05) is 6.07 Å². The predicted octanol–water partition coefficient (Wildman–Crippen LogP) is 3.63. The lowest BCUT2D eigenvalue weighted by Crippen LogP contribution is -2.08. The molecule has 2 aromatic rings. The van der Waals surface area contributed by atoms with Crippen LogP contribution in [0.25, 0.3) is 0 Å². The quantitative estimate of drug-likeness (QED) is 0.869. The number of halogens is 1. The molecule has 0 aliphatic heterocycles. The van der Waals surface area contributed by atoms with E-state index in [4.69, 9.17) is 0 Å². The van der Waals surface area contributed by atoms with Crippen LogP contribution in [-0.2, 0) is 6.42 Å². The number of hydrogen-bond acceptors (Lipinski definition) is 2. The molecule has 1 heterocycles. The van der Waals surface area contributed by atoms with Crippen LogP contribution in [0.4, 0.5) is 10.1 Å². The first-order chi connectivity index (χ1) is 8.74. The summed E-state index contributed by atoms with van der Waals surface area (Å²) in [7, 11) is 0. The topological polar surface area (TPSA) is 24.9 Å². The molecule has 0 bridgehead atoms. The Kier molecular flexibility index (Phi) is 2.74. The van der Waals surface area contributed by atoms with Crippen molar-refractivity contribution in [3.63, 3.8) is 0 Å². The summed E-state index contributed by atoms with van der Waals surface area (Å²) in [6, 6.07) is 9.30. The van der Waals surface area contributed by atoms with Gasteiger partial charge in [-0.25, -0.2) is 4.39 Å². The van der Waals surface area contributed by atoms with Crippen molar-refractivity contribution in [2.45, 2.75) is 25.8 Å². The zero-order valence-electron chi connectivity index (χ0n) is 10.3. The van der Waals surface area contributed by atoms with Gasteiger partial charge in [-0.05, 0) is 55.2 Å². The summed E-state index contributed by atoms with van der Waals surface area (Å²) in [4.78, 5) is 4.27. The van der Waals surface area contributed by atoms with E-state index in [9.17, 15) is 4.39 Å². The molecule has 2 nitrogen and oxygen atoms in total. The van der Waals surface area contributed by atoms with Gasteiger partial charge in [0.1, 0.15) is 5.82 Å². The van der Waals surface area contributed by atoms with E-state index in [1.54, 1.807) is 12.3 Å². The first kappa shape index (κ1) is 11.2. The van der Waals surface area contributed by atoms with Gasteiger partial charge in [0.05, 0.1) is 17.4 Å². The van der Waals surface area contributed by atoms with Crippen molar-refractivity contribution < 1.29 is 4.39 Å². The molecule has 18 heavy (non-hydrogen) atoms. The maximum absolute atomic E-state index is 13.1. The molecule has 3 rings (SSSR count). The van der Waals surface area contributed by atoms with Gasteiger partial charge in [0.2, 0.25) is 0 Å². The van der Waals surface area contributed by atoms with Crippen molar-refractivity contribution in [3.05, 3.63) is 59.2 Å². The number of anilines is 1. The largest absolute Gasteiger partial charge is 0.377 e. The number of benzene rings is 1. The molecule has 1 aliphatic rings. The Labute approximate surface area is 106 Å². The molecule has 0 saturated carbocycles. The van der Waals surface area contributed by atoms with Gasteiger partial charge in [-0.3, -0.25) is 4.98 Å². The molecule has 1 aliphatic carbocycles. The maximum Gasteiger partial charge on any atom is 0.123 e. The molecule has 0 fully saturated rings. The number of aromatic nitrogens is 1. The second kappa shape index (κ2) is 4.41. The molecule has 1 unspecified atom stereocenters. The highest BCUT2D eigenvalue weighted by Gasteiger charge is 2.22. The smallest absolute Gasteiger partial charge is 0.123 e. The summed E-state index contributed by atoms with van der Waals surface area (Å²) in [6.07, 6.45) is 3.73. The summed E-state index contributed by atoms with van der Waals surface area (Å²) in [5, 5.41) is 3.50. The molecule has 0 spiro atoms. The third-order valence-corrected chi connectivity index (χ3v) is 3.52. The van der Waals surface area contributed by atoms with Gasteiger partial charge >= 0.3 is 0 Å². The SMILES string of the molecule is Cc1ncccc1NC1CCc2cc(F)ccc21. The Balaban J connectivity index is 1.87. The Morgan fingerprint density at radius 3 is 3.06 bits per heavy atom. The maximum atomic E-state index is 13.1. The third-order valence-electron chi connectivity index (χ3n) is 3.52. The Bertz CT molecular complexity index is 580. The Morgan fingerprint density at radius 2 is 2.22 bits per heavy atom. The van der Waals surface area contributed by atoms with E-state index in [0.717, 1.165) is 29.8 Å². The van der Waals surface area contributed by atoms with Gasteiger partial charge in [0.25, 0.3) is 0 Å².